The van der Waals surface area contributed by atoms with E-state index >= 15 is 0 Å². The minimum Gasteiger partial charge on any atom is -0.484 e. The number of hydrogen-bond donors (Lipinski definition) is 1. The molecular formula is C21H20BrN3O2. The summed E-state index contributed by atoms with van der Waals surface area (Å²) in [5.41, 5.74) is 3.11. The summed E-state index contributed by atoms with van der Waals surface area (Å²) in [5, 5.41) is 2.86. The van der Waals surface area contributed by atoms with Gasteiger partial charge in [-0.25, -0.2) is 4.98 Å². The summed E-state index contributed by atoms with van der Waals surface area (Å²) < 4.78 is 8.72. The Kier molecular flexibility index (Phi) is 5.25. The van der Waals surface area contributed by atoms with Crippen LogP contribution in [0.1, 0.15) is 18.5 Å². The van der Waals surface area contributed by atoms with Gasteiger partial charge in [0.25, 0.3) is 5.91 Å². The summed E-state index contributed by atoms with van der Waals surface area (Å²) in [6.45, 7) is 0.988. The molecule has 0 saturated carbocycles. The van der Waals surface area contributed by atoms with Crippen LogP contribution in [0, 0.1) is 0 Å². The Hall–Kier alpha value is -2.60. The number of benzene rings is 2. The van der Waals surface area contributed by atoms with Crippen molar-refractivity contribution in [3.63, 3.8) is 0 Å². The number of rotatable bonds is 5. The largest absolute Gasteiger partial charge is 0.484 e. The van der Waals surface area contributed by atoms with Crippen LogP contribution in [0.3, 0.4) is 0 Å². The van der Waals surface area contributed by atoms with Crippen molar-refractivity contribution in [3.8, 4) is 17.1 Å². The minimum absolute atomic E-state index is 0.0357. The SMILES string of the molecule is O=C(COc1cccc(Br)c1)Nc1ccc(-c2ncc3n2CCCC3)cc1. The van der Waals surface area contributed by atoms with E-state index in [-0.39, 0.29) is 12.5 Å². The number of anilines is 1. The van der Waals surface area contributed by atoms with Crippen LogP contribution in [0.4, 0.5) is 5.69 Å². The van der Waals surface area contributed by atoms with E-state index in [0.29, 0.717) is 5.75 Å². The molecule has 1 aromatic heterocycles. The fraction of sp³-hybridized carbons (Fsp3) is 0.238. The highest BCUT2D eigenvalue weighted by Crippen LogP contribution is 2.25. The molecule has 2 heterocycles. The van der Waals surface area contributed by atoms with Crippen LogP contribution >= 0.6 is 15.9 Å². The molecule has 1 N–H and O–H groups in total. The maximum Gasteiger partial charge on any atom is 0.262 e. The fourth-order valence-electron chi connectivity index (χ4n) is 3.27. The molecule has 1 aliphatic rings. The summed E-state index contributed by atoms with van der Waals surface area (Å²) >= 11 is 3.38. The normalized spacial score (nSPS) is 13.1. The van der Waals surface area contributed by atoms with Gasteiger partial charge in [0.2, 0.25) is 0 Å². The third-order valence-electron chi connectivity index (χ3n) is 4.60. The molecule has 0 radical (unpaired) electrons. The van der Waals surface area contributed by atoms with E-state index in [1.165, 1.54) is 18.5 Å². The summed E-state index contributed by atoms with van der Waals surface area (Å²) in [6.07, 6.45) is 5.50. The van der Waals surface area contributed by atoms with Crippen LogP contribution in [-0.2, 0) is 17.8 Å². The number of fused-ring (bicyclic) bond motifs is 1. The number of hydrogen-bond acceptors (Lipinski definition) is 3. The molecule has 0 spiro atoms. The lowest BCUT2D eigenvalue weighted by Gasteiger charge is -2.16. The van der Waals surface area contributed by atoms with Gasteiger partial charge in [0, 0.05) is 34.2 Å². The molecule has 0 atom stereocenters. The first-order valence-corrected chi connectivity index (χ1v) is 9.81. The second kappa shape index (κ2) is 7.96. The highest BCUT2D eigenvalue weighted by Gasteiger charge is 2.15. The molecule has 6 heteroatoms. The van der Waals surface area contributed by atoms with E-state index < -0.39 is 0 Å². The van der Waals surface area contributed by atoms with Gasteiger partial charge in [-0.3, -0.25) is 4.79 Å². The Morgan fingerprint density at radius 1 is 1.19 bits per heavy atom. The summed E-state index contributed by atoms with van der Waals surface area (Å²) in [4.78, 5) is 16.7. The molecule has 0 fully saturated rings. The van der Waals surface area contributed by atoms with Gasteiger partial charge in [-0.15, -0.1) is 0 Å². The van der Waals surface area contributed by atoms with Gasteiger partial charge >= 0.3 is 0 Å². The smallest absolute Gasteiger partial charge is 0.262 e. The second-order valence-electron chi connectivity index (χ2n) is 6.55. The Labute approximate surface area is 166 Å². The second-order valence-corrected chi connectivity index (χ2v) is 7.47. The Morgan fingerprint density at radius 3 is 2.85 bits per heavy atom. The van der Waals surface area contributed by atoms with Crippen LogP contribution in [0.25, 0.3) is 11.4 Å². The lowest BCUT2D eigenvalue weighted by atomic mass is 10.1. The minimum atomic E-state index is -0.194. The maximum absolute atomic E-state index is 12.1. The number of carbonyl (C=O) groups is 1. The predicted molar refractivity (Wildman–Crippen MR) is 109 cm³/mol. The fourth-order valence-corrected chi connectivity index (χ4v) is 3.65. The Morgan fingerprint density at radius 2 is 2.04 bits per heavy atom. The number of imidazole rings is 1. The number of ether oxygens (including phenoxy) is 1. The van der Waals surface area contributed by atoms with Crippen molar-refractivity contribution in [2.24, 2.45) is 0 Å². The van der Waals surface area contributed by atoms with Crippen molar-refractivity contribution in [1.82, 2.24) is 9.55 Å². The first kappa shape index (κ1) is 17.8. The van der Waals surface area contributed by atoms with E-state index in [0.717, 1.165) is 34.5 Å². The van der Waals surface area contributed by atoms with Crippen LogP contribution in [0.15, 0.2) is 59.2 Å². The molecular weight excluding hydrogens is 406 g/mol. The molecule has 1 amide bonds. The number of halogens is 1. The zero-order valence-corrected chi connectivity index (χ0v) is 16.4. The molecule has 0 unspecified atom stereocenters. The molecule has 0 bridgehead atoms. The summed E-state index contributed by atoms with van der Waals surface area (Å²) in [5.74, 6) is 1.46. The molecule has 0 saturated heterocycles. The topological polar surface area (TPSA) is 56.1 Å². The Balaban J connectivity index is 1.38. The molecule has 1 aliphatic heterocycles. The number of aryl methyl sites for hydroxylation is 1. The number of nitrogens with zero attached hydrogens (tertiary/aromatic N) is 2. The van der Waals surface area contributed by atoms with Gasteiger partial charge in [0.05, 0.1) is 0 Å². The number of aromatic nitrogens is 2. The average molecular weight is 426 g/mol. The van der Waals surface area contributed by atoms with Gasteiger partial charge in [-0.2, -0.15) is 0 Å². The highest BCUT2D eigenvalue weighted by molar-refractivity contribution is 9.10. The molecule has 4 rings (SSSR count). The van der Waals surface area contributed by atoms with E-state index in [2.05, 4.69) is 30.8 Å². The average Bonchev–Trinajstić information content (AvgIpc) is 3.11. The monoisotopic (exact) mass is 425 g/mol. The van der Waals surface area contributed by atoms with E-state index in [1.807, 2.05) is 54.7 Å². The van der Waals surface area contributed by atoms with Gasteiger partial charge < -0.3 is 14.6 Å². The molecule has 2 aromatic carbocycles. The standard InChI is InChI=1S/C21H20BrN3O2/c22-16-4-3-6-19(12-16)27-14-20(26)24-17-9-7-15(8-10-17)21-23-13-18-5-1-2-11-25(18)21/h3-4,6-10,12-13H,1-2,5,11,14H2,(H,24,26). The van der Waals surface area contributed by atoms with Crippen molar-refractivity contribution in [2.45, 2.75) is 25.8 Å². The first-order chi connectivity index (χ1) is 13.2. The van der Waals surface area contributed by atoms with Gasteiger partial charge in [-0.1, -0.05) is 22.0 Å². The number of carbonyl (C=O) groups excluding carboxylic acids is 1. The zero-order valence-electron chi connectivity index (χ0n) is 14.8. The Bertz CT molecular complexity index is 950. The molecule has 27 heavy (non-hydrogen) atoms. The van der Waals surface area contributed by atoms with Crippen molar-refractivity contribution in [3.05, 3.63) is 64.9 Å². The van der Waals surface area contributed by atoms with Gasteiger partial charge in [0.15, 0.2) is 6.61 Å². The van der Waals surface area contributed by atoms with Crippen LogP contribution in [0.2, 0.25) is 0 Å². The van der Waals surface area contributed by atoms with Crippen molar-refractivity contribution >= 4 is 27.5 Å². The zero-order chi connectivity index (χ0) is 18.6. The molecule has 5 nitrogen and oxygen atoms in total. The van der Waals surface area contributed by atoms with E-state index in [4.69, 9.17) is 4.74 Å². The third kappa shape index (κ3) is 4.22. The van der Waals surface area contributed by atoms with E-state index in [9.17, 15) is 4.79 Å². The first-order valence-electron chi connectivity index (χ1n) is 9.02. The number of nitrogens with one attached hydrogen (secondary N) is 1. The van der Waals surface area contributed by atoms with Crippen LogP contribution in [0.5, 0.6) is 5.75 Å². The van der Waals surface area contributed by atoms with Gasteiger partial charge in [0.1, 0.15) is 11.6 Å². The number of amides is 1. The quantitative estimate of drug-likeness (QED) is 0.646. The molecule has 0 aliphatic carbocycles. The lowest BCUT2D eigenvalue weighted by molar-refractivity contribution is -0.118. The van der Waals surface area contributed by atoms with Gasteiger partial charge in [-0.05, 0) is 61.7 Å². The van der Waals surface area contributed by atoms with Crippen molar-refractivity contribution < 1.29 is 9.53 Å². The lowest BCUT2D eigenvalue weighted by Crippen LogP contribution is -2.20. The van der Waals surface area contributed by atoms with Crippen molar-refractivity contribution in [2.75, 3.05) is 11.9 Å². The molecule has 138 valence electrons. The summed E-state index contributed by atoms with van der Waals surface area (Å²) in [6, 6.07) is 15.2. The van der Waals surface area contributed by atoms with Crippen LogP contribution in [-0.4, -0.2) is 22.1 Å². The summed E-state index contributed by atoms with van der Waals surface area (Å²) in [7, 11) is 0. The highest BCUT2D eigenvalue weighted by atomic mass is 79.9. The molecule has 3 aromatic rings. The van der Waals surface area contributed by atoms with E-state index in [1.54, 1.807) is 0 Å². The predicted octanol–water partition coefficient (Wildman–Crippen LogP) is 4.67. The third-order valence-corrected chi connectivity index (χ3v) is 5.09. The van der Waals surface area contributed by atoms with Crippen LogP contribution < -0.4 is 10.1 Å². The maximum atomic E-state index is 12.1. The van der Waals surface area contributed by atoms with Crippen molar-refractivity contribution in [1.29, 1.82) is 0 Å².